The van der Waals surface area contributed by atoms with Crippen LogP contribution in [0.5, 0.6) is 0 Å². The molecule has 3 unspecified atom stereocenters. The van der Waals surface area contributed by atoms with Crippen LogP contribution in [-0.2, 0) is 9.59 Å². The van der Waals surface area contributed by atoms with Crippen molar-refractivity contribution >= 4 is 11.8 Å². The van der Waals surface area contributed by atoms with Gasteiger partial charge in [-0.05, 0) is 77.6 Å². The van der Waals surface area contributed by atoms with E-state index < -0.39 is 0 Å². The topological polar surface area (TPSA) is 61.4 Å². The van der Waals surface area contributed by atoms with E-state index in [1.54, 1.807) is 0 Å². The van der Waals surface area contributed by atoms with Crippen LogP contribution in [-0.4, -0.2) is 47.4 Å². The second-order valence-corrected chi connectivity index (χ2v) is 11.5. The molecule has 180 valence electrons. The van der Waals surface area contributed by atoms with Crippen molar-refractivity contribution in [2.24, 2.45) is 17.3 Å². The van der Waals surface area contributed by atoms with Crippen molar-refractivity contribution in [1.29, 1.82) is 0 Å². The van der Waals surface area contributed by atoms with Gasteiger partial charge in [-0.3, -0.25) is 14.5 Å². The number of hydrogen-bond donors (Lipinski definition) is 2. The molecule has 0 spiro atoms. The summed E-state index contributed by atoms with van der Waals surface area (Å²) in [4.78, 5) is 28.0. The van der Waals surface area contributed by atoms with Crippen LogP contribution in [0.25, 0.3) is 0 Å². The van der Waals surface area contributed by atoms with Crippen molar-refractivity contribution in [3.63, 3.8) is 0 Å². The highest BCUT2D eigenvalue weighted by Gasteiger charge is 2.49. The molecule has 2 bridgehead atoms. The summed E-state index contributed by atoms with van der Waals surface area (Å²) in [6.45, 7) is 16.8. The molecule has 1 aliphatic heterocycles. The van der Waals surface area contributed by atoms with Gasteiger partial charge < -0.3 is 10.6 Å². The minimum Gasteiger partial charge on any atom is -0.350 e. The highest BCUT2D eigenvalue weighted by atomic mass is 16.2. The molecule has 2 N–H and O–H groups in total. The number of nitrogens with zero attached hydrogens (tertiary/aromatic N) is 1. The third kappa shape index (κ3) is 6.94. The molecule has 3 aliphatic rings. The molecular formula is C26H49N3O2. The van der Waals surface area contributed by atoms with Gasteiger partial charge in [0.05, 0.1) is 6.54 Å². The van der Waals surface area contributed by atoms with E-state index in [0.29, 0.717) is 18.4 Å². The lowest BCUT2D eigenvalue weighted by molar-refractivity contribution is -0.141. The van der Waals surface area contributed by atoms with E-state index in [0.717, 1.165) is 57.5 Å². The van der Waals surface area contributed by atoms with Gasteiger partial charge in [-0.2, -0.15) is 0 Å². The fraction of sp³-hybridized carbons (Fsp3) is 0.923. The normalized spacial score (nSPS) is 30.5. The summed E-state index contributed by atoms with van der Waals surface area (Å²) < 4.78 is 0. The first-order chi connectivity index (χ1) is 14.5. The Morgan fingerprint density at radius 3 is 2.29 bits per heavy atom. The first-order valence-electron chi connectivity index (χ1n) is 12.9. The number of rotatable bonds is 5. The fourth-order valence-electron chi connectivity index (χ4n) is 6.23. The predicted molar refractivity (Wildman–Crippen MR) is 129 cm³/mol. The van der Waals surface area contributed by atoms with Gasteiger partial charge in [0, 0.05) is 29.6 Å². The van der Waals surface area contributed by atoms with E-state index in [1.807, 2.05) is 34.6 Å². The molecule has 2 saturated carbocycles. The van der Waals surface area contributed by atoms with Crippen LogP contribution in [0.15, 0.2) is 0 Å². The highest BCUT2D eigenvalue weighted by Crippen LogP contribution is 2.51. The van der Waals surface area contributed by atoms with E-state index in [1.165, 1.54) is 19.3 Å². The standard InChI is InChI=1S/C24H43N3O2.C2H6/c1-6-24(10-12-27(13-11-24)17-20(28)25-22(3,4)5)26-21(29)23-9-7-8-19(16-23)14-18(2)15-23;1-2/h18-19H,6-17H2,1-5H3,(H,25,28)(H,26,29);1-2H3. The molecule has 0 aromatic rings. The van der Waals surface area contributed by atoms with Crippen molar-refractivity contribution in [2.45, 2.75) is 117 Å². The molecule has 3 rings (SSSR count). The number of hydrogen-bond acceptors (Lipinski definition) is 3. The Kier molecular flexibility index (Phi) is 9.01. The number of carbonyl (C=O) groups is 2. The zero-order valence-corrected chi connectivity index (χ0v) is 21.4. The summed E-state index contributed by atoms with van der Waals surface area (Å²) in [7, 11) is 0. The minimum absolute atomic E-state index is 0.0915. The minimum atomic E-state index is -0.192. The fourth-order valence-corrected chi connectivity index (χ4v) is 6.23. The smallest absolute Gasteiger partial charge is 0.234 e. The zero-order valence-electron chi connectivity index (χ0n) is 21.4. The summed E-state index contributed by atoms with van der Waals surface area (Å²) in [6.07, 6.45) is 9.90. The van der Waals surface area contributed by atoms with E-state index in [-0.39, 0.29) is 22.4 Å². The van der Waals surface area contributed by atoms with Gasteiger partial charge in [0.1, 0.15) is 0 Å². The number of carbonyl (C=O) groups excluding carboxylic acids is 2. The zero-order chi connectivity index (χ0) is 23.3. The lowest BCUT2D eigenvalue weighted by Gasteiger charge is -2.49. The Morgan fingerprint density at radius 2 is 1.71 bits per heavy atom. The Hall–Kier alpha value is -1.10. The van der Waals surface area contributed by atoms with E-state index >= 15 is 0 Å². The van der Waals surface area contributed by atoms with Crippen molar-refractivity contribution in [1.82, 2.24) is 15.5 Å². The lowest BCUT2D eigenvalue weighted by Crippen LogP contribution is -2.60. The molecule has 1 heterocycles. The van der Waals surface area contributed by atoms with E-state index in [9.17, 15) is 9.59 Å². The Bertz CT molecular complexity index is 600. The molecule has 1 saturated heterocycles. The van der Waals surface area contributed by atoms with Crippen LogP contribution in [0.1, 0.15) is 106 Å². The molecule has 5 nitrogen and oxygen atoms in total. The Labute approximate surface area is 191 Å². The van der Waals surface area contributed by atoms with Gasteiger partial charge in [0.25, 0.3) is 0 Å². The average Bonchev–Trinajstić information content (AvgIpc) is 2.69. The maximum atomic E-state index is 13.5. The summed E-state index contributed by atoms with van der Waals surface area (Å²) >= 11 is 0. The number of nitrogens with one attached hydrogen (secondary N) is 2. The first-order valence-corrected chi connectivity index (χ1v) is 12.9. The second kappa shape index (κ2) is 10.7. The molecule has 0 radical (unpaired) electrons. The van der Waals surface area contributed by atoms with Crippen molar-refractivity contribution in [2.75, 3.05) is 19.6 Å². The van der Waals surface area contributed by atoms with Crippen LogP contribution >= 0.6 is 0 Å². The molecule has 2 amide bonds. The van der Waals surface area contributed by atoms with Crippen LogP contribution in [0, 0.1) is 17.3 Å². The van der Waals surface area contributed by atoms with Gasteiger partial charge in [0.2, 0.25) is 11.8 Å². The Balaban J connectivity index is 0.00000166. The summed E-state index contributed by atoms with van der Waals surface area (Å²) in [6, 6.07) is 0. The third-order valence-electron chi connectivity index (χ3n) is 7.65. The van der Waals surface area contributed by atoms with Gasteiger partial charge in [-0.15, -0.1) is 0 Å². The summed E-state index contributed by atoms with van der Waals surface area (Å²) in [5.41, 5.74) is -0.411. The predicted octanol–water partition coefficient (Wildman–Crippen LogP) is 4.89. The van der Waals surface area contributed by atoms with Crippen molar-refractivity contribution < 1.29 is 9.59 Å². The quantitative estimate of drug-likeness (QED) is 0.646. The Morgan fingerprint density at radius 1 is 1.06 bits per heavy atom. The number of fused-ring (bicyclic) bond motifs is 2. The van der Waals surface area contributed by atoms with Crippen LogP contribution in [0.4, 0.5) is 0 Å². The maximum Gasteiger partial charge on any atom is 0.234 e. The molecule has 31 heavy (non-hydrogen) atoms. The summed E-state index contributed by atoms with van der Waals surface area (Å²) in [5, 5.41) is 6.62. The average molecular weight is 436 g/mol. The van der Waals surface area contributed by atoms with Crippen LogP contribution < -0.4 is 10.6 Å². The molecule has 2 aliphatic carbocycles. The maximum absolute atomic E-state index is 13.5. The molecule has 3 fully saturated rings. The monoisotopic (exact) mass is 435 g/mol. The van der Waals surface area contributed by atoms with Crippen LogP contribution in [0.2, 0.25) is 0 Å². The molecule has 0 aromatic heterocycles. The van der Waals surface area contributed by atoms with Crippen LogP contribution in [0.3, 0.4) is 0 Å². The molecule has 0 aromatic carbocycles. The molecular weight excluding hydrogens is 386 g/mol. The SMILES string of the molecule is CC.CCC1(NC(=O)C23CCCC(CC(C)C2)C3)CCN(CC(=O)NC(C)(C)C)CC1. The number of piperidine rings is 1. The van der Waals surface area contributed by atoms with E-state index in [2.05, 4.69) is 29.4 Å². The second-order valence-electron chi connectivity index (χ2n) is 11.5. The summed E-state index contributed by atoms with van der Waals surface area (Å²) in [5.74, 6) is 1.84. The van der Waals surface area contributed by atoms with Gasteiger partial charge >= 0.3 is 0 Å². The number of likely N-dealkylation sites (tertiary alicyclic amines) is 1. The molecule has 3 atom stereocenters. The highest BCUT2D eigenvalue weighted by molar-refractivity contribution is 5.83. The number of amides is 2. The van der Waals surface area contributed by atoms with Crippen molar-refractivity contribution in [3.8, 4) is 0 Å². The van der Waals surface area contributed by atoms with Crippen molar-refractivity contribution in [3.05, 3.63) is 0 Å². The first kappa shape index (κ1) is 26.2. The largest absolute Gasteiger partial charge is 0.350 e. The van der Waals surface area contributed by atoms with Gasteiger partial charge in [0.15, 0.2) is 0 Å². The lowest BCUT2D eigenvalue weighted by atomic mass is 9.58. The molecule has 5 heteroatoms. The van der Waals surface area contributed by atoms with E-state index in [4.69, 9.17) is 0 Å². The van der Waals surface area contributed by atoms with Gasteiger partial charge in [-0.25, -0.2) is 0 Å². The third-order valence-corrected chi connectivity index (χ3v) is 7.65. The van der Waals surface area contributed by atoms with Gasteiger partial charge in [-0.1, -0.05) is 40.5 Å².